The summed E-state index contributed by atoms with van der Waals surface area (Å²) >= 11 is 0. The Kier molecular flexibility index (Phi) is 7.48. The number of nitrogens with one attached hydrogen (secondary N) is 1. The van der Waals surface area contributed by atoms with Crippen LogP contribution in [0.4, 0.5) is 5.69 Å². The molecule has 1 aliphatic rings. The number of anilines is 1. The molecule has 1 N–H and O–H groups in total. The molecule has 3 nitrogen and oxygen atoms in total. The Morgan fingerprint density at radius 3 is 2.56 bits per heavy atom. The minimum absolute atomic E-state index is 0. The lowest BCUT2D eigenvalue weighted by Gasteiger charge is -2.32. The third-order valence-corrected chi connectivity index (χ3v) is 4.97. The van der Waals surface area contributed by atoms with Crippen LogP contribution in [0.15, 0.2) is 54.6 Å². The quantitative estimate of drug-likeness (QED) is 0.834. The number of carbonyl (C=O) groups is 1. The van der Waals surface area contributed by atoms with Crippen LogP contribution in [0.25, 0.3) is 0 Å². The summed E-state index contributed by atoms with van der Waals surface area (Å²) in [6, 6.07) is 18.2. The summed E-state index contributed by atoms with van der Waals surface area (Å²) in [5.41, 5.74) is 2.85. The highest BCUT2D eigenvalue weighted by atomic mass is 35.5. The molecule has 1 atom stereocenters. The summed E-state index contributed by atoms with van der Waals surface area (Å²) in [6.45, 7) is 1.21. The maximum Gasteiger partial charge on any atom is 0.255 e. The van der Waals surface area contributed by atoms with E-state index in [0.29, 0.717) is 11.6 Å². The van der Waals surface area contributed by atoms with Crippen LogP contribution in [-0.2, 0) is 6.42 Å². The number of rotatable bonds is 5. The second-order valence-electron chi connectivity index (χ2n) is 6.65. The van der Waals surface area contributed by atoms with Crippen molar-refractivity contribution in [2.75, 3.05) is 18.9 Å². The van der Waals surface area contributed by atoms with E-state index in [1.807, 2.05) is 42.5 Å². The summed E-state index contributed by atoms with van der Waals surface area (Å²) in [4.78, 5) is 14.9. The normalized spacial score (nSPS) is 17.6. The van der Waals surface area contributed by atoms with E-state index in [9.17, 15) is 4.79 Å². The van der Waals surface area contributed by atoms with Crippen LogP contribution in [0.2, 0.25) is 0 Å². The third-order valence-electron chi connectivity index (χ3n) is 4.97. The van der Waals surface area contributed by atoms with Crippen molar-refractivity contribution >= 4 is 24.0 Å². The maximum atomic E-state index is 12.4. The van der Waals surface area contributed by atoms with Crippen molar-refractivity contribution in [1.29, 1.82) is 0 Å². The van der Waals surface area contributed by atoms with E-state index in [0.717, 1.165) is 18.5 Å². The van der Waals surface area contributed by atoms with Crippen LogP contribution >= 0.6 is 12.4 Å². The lowest BCUT2D eigenvalue weighted by molar-refractivity contribution is 0.102. The molecule has 4 heteroatoms. The molecule has 25 heavy (non-hydrogen) atoms. The summed E-state index contributed by atoms with van der Waals surface area (Å²) in [7, 11) is 2.23. The van der Waals surface area contributed by atoms with Crippen molar-refractivity contribution < 1.29 is 4.79 Å². The first kappa shape index (κ1) is 19.5. The molecule has 0 radical (unpaired) electrons. The van der Waals surface area contributed by atoms with E-state index >= 15 is 0 Å². The van der Waals surface area contributed by atoms with Gasteiger partial charge in [0.15, 0.2) is 0 Å². The number of halogens is 1. The monoisotopic (exact) mass is 358 g/mol. The zero-order valence-corrected chi connectivity index (χ0v) is 15.6. The summed E-state index contributed by atoms with van der Waals surface area (Å²) < 4.78 is 0. The van der Waals surface area contributed by atoms with Crippen molar-refractivity contribution in [1.82, 2.24) is 4.90 Å². The predicted molar refractivity (Wildman–Crippen MR) is 107 cm³/mol. The van der Waals surface area contributed by atoms with Crippen LogP contribution in [0, 0.1) is 0 Å². The zero-order chi connectivity index (χ0) is 16.8. The first-order chi connectivity index (χ1) is 11.7. The number of aryl methyl sites for hydroxylation is 1. The van der Waals surface area contributed by atoms with Gasteiger partial charge in [0.25, 0.3) is 5.91 Å². The standard InChI is InChI=1S/C21H26N2O.ClH/c1-23-16-8-7-12-19(23)15-14-17-9-5-6-13-20(17)22-21(24)18-10-3-2-4-11-18;/h2-6,9-11,13,19H,7-8,12,14-16H2,1H3,(H,22,24);1H. The second kappa shape index (κ2) is 9.59. The van der Waals surface area contributed by atoms with E-state index in [1.165, 1.54) is 31.4 Å². The molecule has 0 saturated carbocycles. The van der Waals surface area contributed by atoms with Gasteiger partial charge >= 0.3 is 0 Å². The Labute approximate surface area is 156 Å². The van der Waals surface area contributed by atoms with Gasteiger partial charge < -0.3 is 10.2 Å². The molecular formula is C21H27ClN2O. The molecule has 1 amide bonds. The summed E-state index contributed by atoms with van der Waals surface area (Å²) in [5.74, 6) is -0.0437. The molecule has 2 aromatic carbocycles. The number of nitrogens with zero attached hydrogens (tertiary/aromatic N) is 1. The van der Waals surface area contributed by atoms with Gasteiger partial charge in [-0.3, -0.25) is 4.79 Å². The second-order valence-corrected chi connectivity index (χ2v) is 6.65. The first-order valence-electron chi connectivity index (χ1n) is 8.88. The molecule has 0 bridgehead atoms. The molecule has 1 heterocycles. The van der Waals surface area contributed by atoms with Gasteiger partial charge in [0.2, 0.25) is 0 Å². The number of para-hydroxylation sites is 1. The number of piperidine rings is 1. The average molecular weight is 359 g/mol. The predicted octanol–water partition coefficient (Wildman–Crippen LogP) is 4.78. The minimum atomic E-state index is -0.0437. The topological polar surface area (TPSA) is 32.3 Å². The van der Waals surface area contributed by atoms with Gasteiger partial charge in [-0.1, -0.05) is 42.8 Å². The smallest absolute Gasteiger partial charge is 0.255 e. The molecule has 1 saturated heterocycles. The Hall–Kier alpha value is -1.84. The molecular weight excluding hydrogens is 332 g/mol. The lowest BCUT2D eigenvalue weighted by Crippen LogP contribution is -2.36. The highest BCUT2D eigenvalue weighted by molar-refractivity contribution is 6.04. The molecule has 134 valence electrons. The molecule has 1 unspecified atom stereocenters. The lowest BCUT2D eigenvalue weighted by atomic mass is 9.96. The van der Waals surface area contributed by atoms with E-state index < -0.39 is 0 Å². The van der Waals surface area contributed by atoms with Crippen molar-refractivity contribution in [3.63, 3.8) is 0 Å². The Morgan fingerprint density at radius 2 is 1.80 bits per heavy atom. The number of carbonyl (C=O) groups excluding carboxylic acids is 1. The van der Waals surface area contributed by atoms with Crippen molar-refractivity contribution in [2.24, 2.45) is 0 Å². The van der Waals surface area contributed by atoms with Gasteiger partial charge in [-0.25, -0.2) is 0 Å². The van der Waals surface area contributed by atoms with E-state index in [4.69, 9.17) is 0 Å². The molecule has 1 fully saturated rings. The van der Waals surface area contributed by atoms with Crippen LogP contribution < -0.4 is 5.32 Å². The number of hydrogen-bond acceptors (Lipinski definition) is 2. The minimum Gasteiger partial charge on any atom is -0.322 e. The molecule has 2 aromatic rings. The molecule has 0 spiro atoms. The van der Waals surface area contributed by atoms with Gasteiger partial charge in [0.1, 0.15) is 0 Å². The average Bonchev–Trinajstić information content (AvgIpc) is 2.63. The van der Waals surface area contributed by atoms with Gasteiger partial charge in [-0.15, -0.1) is 12.4 Å². The molecule has 0 aromatic heterocycles. The van der Waals surface area contributed by atoms with Gasteiger partial charge in [0.05, 0.1) is 0 Å². The SMILES string of the molecule is CN1CCCCC1CCc1ccccc1NC(=O)c1ccccc1.Cl. The number of hydrogen-bond donors (Lipinski definition) is 1. The molecule has 3 rings (SSSR count). The van der Waals surface area contributed by atoms with E-state index in [1.54, 1.807) is 0 Å². The Balaban J connectivity index is 0.00000225. The van der Waals surface area contributed by atoms with Crippen molar-refractivity contribution in [3.8, 4) is 0 Å². The fraction of sp³-hybridized carbons (Fsp3) is 0.381. The Bertz CT molecular complexity index is 675. The number of likely N-dealkylation sites (tertiary alicyclic amines) is 1. The number of amides is 1. The first-order valence-corrected chi connectivity index (χ1v) is 8.88. The van der Waals surface area contributed by atoms with Crippen molar-refractivity contribution in [3.05, 3.63) is 65.7 Å². The zero-order valence-electron chi connectivity index (χ0n) is 14.8. The molecule has 0 aliphatic carbocycles. The van der Waals surface area contributed by atoms with Crippen LogP contribution in [0.1, 0.15) is 41.6 Å². The Morgan fingerprint density at radius 1 is 1.08 bits per heavy atom. The van der Waals surface area contributed by atoms with Gasteiger partial charge in [0, 0.05) is 17.3 Å². The largest absolute Gasteiger partial charge is 0.322 e. The highest BCUT2D eigenvalue weighted by Gasteiger charge is 2.19. The van der Waals surface area contributed by atoms with Crippen LogP contribution in [0.3, 0.4) is 0 Å². The van der Waals surface area contributed by atoms with Crippen molar-refractivity contribution in [2.45, 2.75) is 38.1 Å². The van der Waals surface area contributed by atoms with Crippen LogP contribution in [0.5, 0.6) is 0 Å². The maximum absolute atomic E-state index is 12.4. The fourth-order valence-corrected chi connectivity index (χ4v) is 3.48. The summed E-state index contributed by atoms with van der Waals surface area (Å²) in [6.07, 6.45) is 6.09. The fourth-order valence-electron chi connectivity index (χ4n) is 3.48. The number of benzene rings is 2. The third kappa shape index (κ3) is 5.32. The molecule has 1 aliphatic heterocycles. The van der Waals surface area contributed by atoms with Gasteiger partial charge in [-0.05, 0) is 63.0 Å². The highest BCUT2D eigenvalue weighted by Crippen LogP contribution is 2.23. The van der Waals surface area contributed by atoms with E-state index in [2.05, 4.69) is 29.4 Å². The summed E-state index contributed by atoms with van der Waals surface area (Å²) in [5, 5.41) is 3.07. The van der Waals surface area contributed by atoms with Crippen LogP contribution in [-0.4, -0.2) is 30.4 Å². The van der Waals surface area contributed by atoms with Gasteiger partial charge in [-0.2, -0.15) is 0 Å². The van der Waals surface area contributed by atoms with E-state index in [-0.39, 0.29) is 18.3 Å².